The number of rotatable bonds is 7. The van der Waals surface area contributed by atoms with Crippen molar-refractivity contribution in [3.8, 4) is 0 Å². The lowest BCUT2D eigenvalue weighted by atomic mass is 10.0. The van der Waals surface area contributed by atoms with E-state index in [1.54, 1.807) is 13.8 Å². The maximum absolute atomic E-state index is 12.2. The molecule has 0 radical (unpaired) electrons. The van der Waals surface area contributed by atoms with Crippen molar-refractivity contribution < 1.29 is 24.6 Å². The number of carbonyl (C=O) groups excluding carboxylic acids is 2. The lowest BCUT2D eigenvalue weighted by Gasteiger charge is -2.25. The minimum atomic E-state index is -1.18. The third-order valence-corrected chi connectivity index (χ3v) is 3.67. The van der Waals surface area contributed by atoms with Gasteiger partial charge in [-0.1, -0.05) is 13.8 Å². The molecule has 22 heavy (non-hydrogen) atoms. The van der Waals surface area contributed by atoms with Crippen molar-refractivity contribution in [3.05, 3.63) is 0 Å². The molecule has 5 N–H and O–H groups in total. The maximum Gasteiger partial charge on any atom is 0.326 e. The van der Waals surface area contributed by atoms with Gasteiger partial charge in [-0.2, -0.15) is 0 Å². The third kappa shape index (κ3) is 4.96. The molecule has 4 atom stereocenters. The summed E-state index contributed by atoms with van der Waals surface area (Å²) in [6.45, 7) is 5.44. The Morgan fingerprint density at radius 3 is 2.18 bits per heavy atom. The summed E-state index contributed by atoms with van der Waals surface area (Å²) in [5.74, 6) is -2.54. The van der Waals surface area contributed by atoms with E-state index in [4.69, 9.17) is 5.11 Å². The summed E-state index contributed by atoms with van der Waals surface area (Å²) in [6.07, 6.45) is 0.411. The first-order chi connectivity index (χ1) is 10.2. The molecule has 0 aromatic carbocycles. The van der Waals surface area contributed by atoms with Gasteiger partial charge in [0.05, 0.1) is 12.1 Å². The average molecular weight is 315 g/mol. The Labute approximate surface area is 129 Å². The smallest absolute Gasteiger partial charge is 0.326 e. The first-order valence-electron chi connectivity index (χ1n) is 7.49. The van der Waals surface area contributed by atoms with Crippen molar-refractivity contribution in [2.75, 3.05) is 6.54 Å². The van der Waals surface area contributed by atoms with E-state index in [1.165, 1.54) is 6.92 Å². The number of carbonyl (C=O) groups is 3. The van der Waals surface area contributed by atoms with Crippen LogP contribution in [0.25, 0.3) is 0 Å². The van der Waals surface area contributed by atoms with Gasteiger partial charge in [0.2, 0.25) is 11.8 Å². The van der Waals surface area contributed by atoms with Gasteiger partial charge in [-0.3, -0.25) is 9.59 Å². The minimum absolute atomic E-state index is 0.316. The molecule has 8 nitrogen and oxygen atoms in total. The third-order valence-electron chi connectivity index (χ3n) is 3.67. The Morgan fingerprint density at radius 1 is 1.14 bits per heavy atom. The Bertz CT molecular complexity index is 419. The van der Waals surface area contributed by atoms with E-state index in [-0.39, 0.29) is 17.9 Å². The quantitative estimate of drug-likeness (QED) is 0.403. The molecule has 0 bridgehead atoms. The average Bonchev–Trinajstić information content (AvgIpc) is 2.94. The van der Waals surface area contributed by atoms with Crippen molar-refractivity contribution in [2.45, 2.75) is 57.8 Å². The van der Waals surface area contributed by atoms with Crippen molar-refractivity contribution in [1.82, 2.24) is 16.0 Å². The molecule has 0 unspecified atom stereocenters. The van der Waals surface area contributed by atoms with E-state index in [0.29, 0.717) is 6.42 Å². The van der Waals surface area contributed by atoms with Crippen LogP contribution in [0.5, 0.6) is 0 Å². The number of hydrogen-bond donors (Lipinski definition) is 5. The van der Waals surface area contributed by atoms with Crippen LogP contribution in [0.1, 0.15) is 33.6 Å². The van der Waals surface area contributed by atoms with E-state index in [0.717, 1.165) is 13.0 Å². The van der Waals surface area contributed by atoms with Crippen molar-refractivity contribution >= 4 is 17.8 Å². The molecule has 8 heteroatoms. The largest absolute Gasteiger partial charge is 0.480 e. The van der Waals surface area contributed by atoms with Crippen LogP contribution < -0.4 is 16.0 Å². The van der Waals surface area contributed by atoms with Crippen LogP contribution in [0.15, 0.2) is 0 Å². The lowest BCUT2D eigenvalue weighted by molar-refractivity contribution is -0.144. The van der Waals surface area contributed by atoms with Gasteiger partial charge in [0, 0.05) is 0 Å². The zero-order chi connectivity index (χ0) is 16.9. The zero-order valence-corrected chi connectivity index (χ0v) is 13.1. The van der Waals surface area contributed by atoms with Crippen LogP contribution in [-0.4, -0.2) is 58.8 Å². The highest BCUT2D eigenvalue weighted by molar-refractivity contribution is 5.92. The Morgan fingerprint density at radius 2 is 1.77 bits per heavy atom. The van der Waals surface area contributed by atoms with Crippen LogP contribution in [-0.2, 0) is 14.4 Å². The molecule has 2 amide bonds. The summed E-state index contributed by atoms with van der Waals surface area (Å²) in [7, 11) is 0. The molecule has 0 aromatic heterocycles. The van der Waals surface area contributed by atoms with Crippen molar-refractivity contribution in [2.24, 2.45) is 5.92 Å². The number of aliphatic hydroxyl groups excluding tert-OH is 1. The van der Waals surface area contributed by atoms with Crippen LogP contribution in [0.2, 0.25) is 0 Å². The van der Waals surface area contributed by atoms with E-state index in [9.17, 15) is 19.5 Å². The molecule has 0 aliphatic carbocycles. The summed E-state index contributed by atoms with van der Waals surface area (Å²) in [5.41, 5.74) is 0. The standard InChI is InChI=1S/C14H25N3O5/c1-7(2)10(14(21)22)16-13(20)11(8(3)18)17-12(19)9-5-4-6-15-9/h7-11,15,18H,4-6H2,1-3H3,(H,16,20)(H,17,19)(H,21,22)/t8-,9+,10+,11+/m1/s1. The molecule has 1 heterocycles. The highest BCUT2D eigenvalue weighted by atomic mass is 16.4. The number of carboxylic acids is 1. The lowest BCUT2D eigenvalue weighted by Crippen LogP contribution is -2.58. The molecule has 0 spiro atoms. The molecular formula is C14H25N3O5. The predicted octanol–water partition coefficient (Wildman–Crippen LogP) is -1.17. The second-order valence-corrected chi connectivity index (χ2v) is 5.94. The Kier molecular flexibility index (Phi) is 6.76. The first-order valence-corrected chi connectivity index (χ1v) is 7.49. The molecule has 0 saturated carbocycles. The van der Waals surface area contributed by atoms with Crippen molar-refractivity contribution in [3.63, 3.8) is 0 Å². The summed E-state index contributed by atoms with van der Waals surface area (Å²) in [6, 6.07) is -2.64. The SMILES string of the molecule is CC(C)[C@H](NC(=O)[C@@H](NC(=O)[C@@H]1CCCN1)[C@@H](C)O)C(=O)O. The fourth-order valence-electron chi connectivity index (χ4n) is 2.32. The van der Waals surface area contributed by atoms with E-state index in [1.807, 2.05) is 0 Å². The fraction of sp³-hybridized carbons (Fsp3) is 0.786. The normalized spacial score (nSPS) is 22.0. The molecular weight excluding hydrogens is 290 g/mol. The summed E-state index contributed by atoms with van der Waals surface area (Å²) >= 11 is 0. The molecule has 1 saturated heterocycles. The van der Waals surface area contributed by atoms with Gasteiger partial charge < -0.3 is 26.2 Å². The number of aliphatic hydroxyl groups is 1. The molecule has 1 rings (SSSR count). The number of amides is 2. The minimum Gasteiger partial charge on any atom is -0.480 e. The highest BCUT2D eigenvalue weighted by Crippen LogP contribution is 2.07. The van der Waals surface area contributed by atoms with Gasteiger partial charge in [0.25, 0.3) is 0 Å². The van der Waals surface area contributed by atoms with Crippen LogP contribution in [0, 0.1) is 5.92 Å². The first kappa shape index (κ1) is 18.4. The van der Waals surface area contributed by atoms with Crippen molar-refractivity contribution in [1.29, 1.82) is 0 Å². The van der Waals surface area contributed by atoms with E-state index in [2.05, 4.69) is 16.0 Å². The molecule has 1 aliphatic heterocycles. The van der Waals surface area contributed by atoms with Gasteiger partial charge in [-0.25, -0.2) is 4.79 Å². The highest BCUT2D eigenvalue weighted by Gasteiger charge is 2.33. The number of aliphatic carboxylic acids is 1. The second-order valence-electron chi connectivity index (χ2n) is 5.94. The monoisotopic (exact) mass is 315 g/mol. The molecule has 126 valence electrons. The second kappa shape index (κ2) is 8.09. The number of carboxylic acid groups (broad SMARTS) is 1. The number of hydrogen-bond acceptors (Lipinski definition) is 5. The Hall–Kier alpha value is -1.67. The van der Waals surface area contributed by atoms with Crippen LogP contribution >= 0.6 is 0 Å². The van der Waals surface area contributed by atoms with Gasteiger partial charge in [-0.05, 0) is 32.2 Å². The maximum atomic E-state index is 12.2. The fourth-order valence-corrected chi connectivity index (χ4v) is 2.32. The van der Waals surface area contributed by atoms with Crippen LogP contribution in [0.3, 0.4) is 0 Å². The molecule has 1 fully saturated rings. The zero-order valence-electron chi connectivity index (χ0n) is 13.1. The van der Waals surface area contributed by atoms with Gasteiger partial charge >= 0.3 is 5.97 Å². The van der Waals surface area contributed by atoms with Gasteiger partial charge in [0.15, 0.2) is 0 Å². The summed E-state index contributed by atoms with van der Waals surface area (Å²) < 4.78 is 0. The van der Waals surface area contributed by atoms with Gasteiger partial charge in [0.1, 0.15) is 12.1 Å². The summed E-state index contributed by atoms with van der Waals surface area (Å²) in [4.78, 5) is 35.3. The van der Waals surface area contributed by atoms with E-state index < -0.39 is 30.1 Å². The Balaban J connectivity index is 2.70. The van der Waals surface area contributed by atoms with Gasteiger partial charge in [-0.15, -0.1) is 0 Å². The van der Waals surface area contributed by atoms with Crippen LogP contribution in [0.4, 0.5) is 0 Å². The summed E-state index contributed by atoms with van der Waals surface area (Å²) in [5, 5.41) is 26.7. The number of nitrogens with one attached hydrogen (secondary N) is 3. The van der Waals surface area contributed by atoms with E-state index >= 15 is 0 Å². The topological polar surface area (TPSA) is 128 Å². The molecule has 0 aromatic rings. The molecule has 1 aliphatic rings. The predicted molar refractivity (Wildman–Crippen MR) is 79.0 cm³/mol.